The lowest BCUT2D eigenvalue weighted by atomic mass is 9.46. The summed E-state index contributed by atoms with van der Waals surface area (Å²) in [5.41, 5.74) is 0.841. The number of fused-ring (bicyclic) bond motifs is 9. The van der Waals surface area contributed by atoms with E-state index in [4.69, 9.17) is 0 Å². The van der Waals surface area contributed by atoms with Crippen LogP contribution in [0.4, 0.5) is 0 Å². The highest BCUT2D eigenvalue weighted by Gasteiger charge is 2.76. The Morgan fingerprint density at radius 3 is 0.587 bits per heavy atom. The number of hydrogen-bond acceptors (Lipinski definition) is 6. The van der Waals surface area contributed by atoms with Gasteiger partial charge in [0, 0.05) is 33.4 Å². The van der Waals surface area contributed by atoms with Crippen LogP contribution >= 0.6 is 0 Å². The SMILES string of the molecule is O=C1c2ccccc2C(=O)[C@@]23CC=CC[C@@]12[C@@H]1C=C[C@H]3C1.O=C1c2ccccc2C(=O)[C@@]23CC=CC[C@@]12[C@@H]1C=C[C@H]3C1.O=C1c2ccccc2C(=O)[C@@]23CC=CC[C@@]12[C@@H]1C=C[C@H]3C1. The van der Waals surface area contributed by atoms with Crippen LogP contribution in [0.25, 0.3) is 0 Å². The van der Waals surface area contributed by atoms with Gasteiger partial charge >= 0.3 is 0 Å². The third-order valence-electron chi connectivity index (χ3n) is 19.3. The Bertz CT molecular complexity index is 2390. The van der Waals surface area contributed by atoms with Gasteiger partial charge in [0.25, 0.3) is 0 Å². The number of ketones is 6. The topological polar surface area (TPSA) is 102 Å². The quantitative estimate of drug-likeness (QED) is 0.209. The van der Waals surface area contributed by atoms with Crippen LogP contribution in [0.15, 0.2) is 146 Å². The summed E-state index contributed by atoms with van der Waals surface area (Å²) in [5, 5.41) is 0. The number of benzene rings is 3. The molecule has 12 aliphatic carbocycles. The van der Waals surface area contributed by atoms with E-state index >= 15 is 0 Å². The van der Waals surface area contributed by atoms with Crippen molar-refractivity contribution in [3.05, 3.63) is 179 Å². The lowest BCUT2D eigenvalue weighted by Gasteiger charge is -2.53. The number of rotatable bonds is 0. The Morgan fingerprint density at radius 2 is 0.429 bits per heavy atom. The first-order valence-corrected chi connectivity index (χ1v) is 23.2. The van der Waals surface area contributed by atoms with E-state index in [1.54, 1.807) is 0 Å². The molecule has 3 fully saturated rings. The zero-order chi connectivity index (χ0) is 42.7. The Balaban J connectivity index is 0.0000000957. The molecule has 6 bridgehead atoms. The maximum atomic E-state index is 13.4. The van der Waals surface area contributed by atoms with E-state index in [-0.39, 0.29) is 70.2 Å². The van der Waals surface area contributed by atoms with Crippen LogP contribution < -0.4 is 0 Å². The van der Waals surface area contributed by atoms with Gasteiger partial charge in [0.2, 0.25) is 0 Å². The van der Waals surface area contributed by atoms with Crippen LogP contribution in [0.3, 0.4) is 0 Å². The lowest BCUT2D eigenvalue weighted by Crippen LogP contribution is -2.58. The Labute approximate surface area is 367 Å². The van der Waals surface area contributed by atoms with E-state index in [0.29, 0.717) is 33.4 Å². The van der Waals surface area contributed by atoms with E-state index in [1.807, 2.05) is 72.8 Å². The number of hydrogen-bond donors (Lipinski definition) is 0. The molecule has 63 heavy (non-hydrogen) atoms. The van der Waals surface area contributed by atoms with Gasteiger partial charge in [-0.1, -0.05) is 146 Å². The minimum atomic E-state index is -0.507. The van der Waals surface area contributed by atoms with E-state index in [2.05, 4.69) is 72.9 Å². The molecule has 12 aliphatic rings. The molecule has 0 saturated heterocycles. The predicted octanol–water partition coefficient (Wildman–Crippen LogP) is 10.8. The monoisotopic (exact) mass is 828 g/mol. The van der Waals surface area contributed by atoms with E-state index in [9.17, 15) is 28.8 Å². The summed E-state index contributed by atoms with van der Waals surface area (Å²) in [6.07, 6.45) is 33.1. The van der Waals surface area contributed by atoms with Crippen molar-refractivity contribution in [2.24, 2.45) is 68.0 Å². The minimum absolute atomic E-state index is 0.207. The first-order chi connectivity index (χ1) is 30.6. The number of carbonyl (C=O) groups is 6. The average Bonchev–Trinajstić information content (AvgIpc) is 4.22. The van der Waals surface area contributed by atoms with Gasteiger partial charge in [-0.2, -0.15) is 0 Å². The first-order valence-electron chi connectivity index (χ1n) is 23.2. The van der Waals surface area contributed by atoms with Crippen molar-refractivity contribution >= 4 is 34.7 Å². The molecule has 0 spiro atoms. The summed E-state index contributed by atoms with van der Waals surface area (Å²) >= 11 is 0. The molecule has 0 heterocycles. The third kappa shape index (κ3) is 3.95. The molecule has 3 saturated carbocycles. The summed E-state index contributed by atoms with van der Waals surface area (Å²) in [6, 6.07) is 22.2. The molecule has 3 aromatic carbocycles. The fraction of sp³-hybridized carbons (Fsp3) is 0.368. The van der Waals surface area contributed by atoms with E-state index in [0.717, 1.165) is 57.8 Å². The van der Waals surface area contributed by atoms with Crippen LogP contribution in [0.1, 0.15) is 120 Å². The van der Waals surface area contributed by atoms with Crippen molar-refractivity contribution in [1.29, 1.82) is 0 Å². The zero-order valence-corrected chi connectivity index (χ0v) is 35.1. The van der Waals surface area contributed by atoms with Crippen molar-refractivity contribution in [2.75, 3.05) is 0 Å². The molecule has 0 radical (unpaired) electrons. The fourth-order valence-electron chi connectivity index (χ4n) is 16.8. The Morgan fingerprint density at radius 1 is 0.270 bits per heavy atom. The van der Waals surface area contributed by atoms with Crippen molar-refractivity contribution in [2.45, 2.75) is 57.8 Å². The molecular formula is C57H48O6. The zero-order valence-electron chi connectivity index (χ0n) is 35.1. The van der Waals surface area contributed by atoms with Crippen LogP contribution in [0, 0.1) is 68.0 Å². The summed E-state index contributed by atoms with van der Waals surface area (Å²) < 4.78 is 0. The van der Waals surface area contributed by atoms with Crippen LogP contribution in [0.5, 0.6) is 0 Å². The molecule has 15 rings (SSSR count). The Hall–Kier alpha value is -5.88. The lowest BCUT2D eigenvalue weighted by molar-refractivity contribution is 0.0156. The molecule has 6 nitrogen and oxygen atoms in total. The summed E-state index contributed by atoms with van der Waals surface area (Å²) in [7, 11) is 0. The van der Waals surface area contributed by atoms with Gasteiger partial charge < -0.3 is 0 Å². The highest BCUT2D eigenvalue weighted by molar-refractivity contribution is 6.22. The van der Waals surface area contributed by atoms with Crippen LogP contribution in [-0.2, 0) is 0 Å². The predicted molar refractivity (Wildman–Crippen MR) is 237 cm³/mol. The molecule has 312 valence electrons. The van der Waals surface area contributed by atoms with Gasteiger partial charge in [0.15, 0.2) is 34.7 Å². The number of carbonyl (C=O) groups excluding carboxylic acids is 6. The van der Waals surface area contributed by atoms with Crippen LogP contribution in [0.2, 0.25) is 0 Å². The van der Waals surface area contributed by atoms with Gasteiger partial charge in [-0.3, -0.25) is 28.8 Å². The Kier molecular flexibility index (Phi) is 7.43. The second-order valence-corrected chi connectivity index (χ2v) is 20.6. The van der Waals surface area contributed by atoms with Gasteiger partial charge in [0.05, 0.1) is 32.5 Å². The summed E-state index contributed by atoms with van der Waals surface area (Å²) in [6.45, 7) is 0. The maximum Gasteiger partial charge on any atom is 0.171 e. The molecule has 0 aromatic heterocycles. The van der Waals surface area contributed by atoms with E-state index < -0.39 is 32.5 Å². The standard InChI is InChI=1S/3C19H16O2/c3*20-16-14-5-1-2-6-15(14)17(21)19-10-4-3-9-18(16,19)12-7-8-13(19)11-12/h3*1-8,12-13H,9-11H2/t3*12-,13+,18-,19+. The van der Waals surface area contributed by atoms with Gasteiger partial charge in [0.1, 0.15) is 0 Å². The molecule has 3 aromatic rings. The van der Waals surface area contributed by atoms with Gasteiger partial charge in [-0.15, -0.1) is 0 Å². The smallest absolute Gasteiger partial charge is 0.171 e. The molecular weight excluding hydrogens is 781 g/mol. The molecule has 6 heteroatoms. The first kappa shape index (κ1) is 37.7. The summed E-state index contributed by atoms with van der Waals surface area (Å²) in [4.78, 5) is 80.2. The van der Waals surface area contributed by atoms with Gasteiger partial charge in [-0.05, 0) is 93.3 Å². The highest BCUT2D eigenvalue weighted by Crippen LogP contribution is 2.74. The van der Waals surface area contributed by atoms with Crippen LogP contribution in [-0.4, -0.2) is 34.7 Å². The third-order valence-corrected chi connectivity index (χ3v) is 19.3. The highest BCUT2D eigenvalue weighted by atomic mass is 16.2. The van der Waals surface area contributed by atoms with Gasteiger partial charge in [-0.25, -0.2) is 0 Å². The van der Waals surface area contributed by atoms with Crippen molar-refractivity contribution in [3.8, 4) is 0 Å². The second kappa shape index (κ2) is 12.4. The average molecular weight is 829 g/mol. The molecule has 0 aliphatic heterocycles. The van der Waals surface area contributed by atoms with Crippen molar-refractivity contribution in [3.63, 3.8) is 0 Å². The fourth-order valence-corrected chi connectivity index (χ4v) is 16.8. The molecule has 0 unspecified atom stereocenters. The molecule has 0 N–H and O–H groups in total. The maximum absolute atomic E-state index is 13.4. The minimum Gasteiger partial charge on any atom is -0.293 e. The second-order valence-electron chi connectivity index (χ2n) is 20.6. The molecule has 12 atom stereocenters. The van der Waals surface area contributed by atoms with Crippen molar-refractivity contribution < 1.29 is 28.8 Å². The largest absolute Gasteiger partial charge is 0.293 e. The molecule has 0 amide bonds. The van der Waals surface area contributed by atoms with Crippen molar-refractivity contribution in [1.82, 2.24) is 0 Å². The number of allylic oxidation sites excluding steroid dienone is 12. The van der Waals surface area contributed by atoms with E-state index in [1.165, 1.54) is 0 Å². The normalized spacial score (nSPS) is 41.9. The number of Topliss-reactive ketones (excluding diaryl/α,β-unsaturated/α-hetero) is 6. The summed E-state index contributed by atoms with van der Waals surface area (Å²) in [5.74, 6) is 2.65.